The zero-order valence-corrected chi connectivity index (χ0v) is 18.8. The van der Waals surface area contributed by atoms with Gasteiger partial charge in [-0.3, -0.25) is 4.79 Å². The zero-order valence-electron chi connectivity index (χ0n) is 17.2. The molecule has 0 saturated heterocycles. The highest BCUT2D eigenvalue weighted by atomic mass is 35.5. The van der Waals surface area contributed by atoms with E-state index in [0.29, 0.717) is 28.3 Å². The average molecular weight is 445 g/mol. The number of ether oxygens (including phenoxy) is 1. The van der Waals surface area contributed by atoms with E-state index in [1.807, 2.05) is 36.7 Å². The van der Waals surface area contributed by atoms with Gasteiger partial charge >= 0.3 is 0 Å². The lowest BCUT2D eigenvalue weighted by atomic mass is 10.0. The molecule has 0 aliphatic heterocycles. The van der Waals surface area contributed by atoms with E-state index in [2.05, 4.69) is 34.6 Å². The fraction of sp³-hybridized carbons (Fsp3) is 0.318. The molecule has 2 atom stereocenters. The van der Waals surface area contributed by atoms with Crippen molar-refractivity contribution in [3.05, 3.63) is 71.0 Å². The van der Waals surface area contributed by atoms with Crippen LogP contribution in [0.25, 0.3) is 0 Å². The summed E-state index contributed by atoms with van der Waals surface area (Å²) in [7, 11) is 1.87. The van der Waals surface area contributed by atoms with Crippen molar-refractivity contribution in [2.45, 2.75) is 36.8 Å². The van der Waals surface area contributed by atoms with Gasteiger partial charge in [0, 0.05) is 18.6 Å². The van der Waals surface area contributed by atoms with E-state index in [1.165, 1.54) is 17.3 Å². The monoisotopic (exact) mass is 444 g/mol. The van der Waals surface area contributed by atoms with E-state index in [1.54, 1.807) is 24.3 Å². The molecule has 3 rings (SSSR count). The van der Waals surface area contributed by atoms with Crippen LogP contribution in [0.2, 0.25) is 5.02 Å². The zero-order chi connectivity index (χ0) is 21.5. The fourth-order valence-electron chi connectivity index (χ4n) is 2.76. The minimum Gasteiger partial charge on any atom is -0.486 e. The summed E-state index contributed by atoms with van der Waals surface area (Å²) in [6.07, 6.45) is 0. The van der Waals surface area contributed by atoms with Crippen molar-refractivity contribution in [2.75, 3.05) is 6.54 Å². The Balaban J connectivity index is 1.50. The molecule has 3 aromatic rings. The van der Waals surface area contributed by atoms with Crippen molar-refractivity contribution in [1.82, 2.24) is 20.1 Å². The summed E-state index contributed by atoms with van der Waals surface area (Å²) < 4.78 is 7.57. The molecule has 30 heavy (non-hydrogen) atoms. The number of nitrogens with one attached hydrogen (secondary N) is 1. The Morgan fingerprint density at radius 1 is 1.13 bits per heavy atom. The topological polar surface area (TPSA) is 69.0 Å². The number of hydrogen-bond acceptors (Lipinski definition) is 5. The van der Waals surface area contributed by atoms with Gasteiger partial charge in [0.1, 0.15) is 12.4 Å². The molecule has 158 valence electrons. The summed E-state index contributed by atoms with van der Waals surface area (Å²) in [6, 6.07) is 17.3. The van der Waals surface area contributed by atoms with Gasteiger partial charge in [0.25, 0.3) is 0 Å². The molecule has 0 fully saturated rings. The van der Waals surface area contributed by atoms with Gasteiger partial charge < -0.3 is 14.6 Å². The predicted molar refractivity (Wildman–Crippen MR) is 120 cm³/mol. The van der Waals surface area contributed by atoms with Gasteiger partial charge in [0.05, 0.1) is 5.25 Å². The third-order valence-electron chi connectivity index (χ3n) is 4.71. The number of carbonyl (C=O) groups excluding carboxylic acids is 1. The summed E-state index contributed by atoms with van der Waals surface area (Å²) in [5.74, 6) is 1.61. The van der Waals surface area contributed by atoms with Gasteiger partial charge in [-0.1, -0.05) is 60.6 Å². The van der Waals surface area contributed by atoms with Crippen molar-refractivity contribution in [3.8, 4) is 5.75 Å². The number of halogens is 1. The van der Waals surface area contributed by atoms with Crippen LogP contribution in [-0.2, 0) is 18.4 Å². The van der Waals surface area contributed by atoms with Crippen molar-refractivity contribution in [1.29, 1.82) is 0 Å². The number of nitrogens with zero attached hydrogens (tertiary/aromatic N) is 3. The molecule has 1 heterocycles. The third kappa shape index (κ3) is 6.00. The fourth-order valence-corrected chi connectivity index (χ4v) is 3.74. The highest BCUT2D eigenvalue weighted by Gasteiger charge is 2.19. The Morgan fingerprint density at radius 2 is 1.83 bits per heavy atom. The van der Waals surface area contributed by atoms with Gasteiger partial charge in [0.15, 0.2) is 11.0 Å². The second-order valence-corrected chi connectivity index (χ2v) is 8.76. The first-order chi connectivity index (χ1) is 14.4. The molecule has 8 heteroatoms. The minimum absolute atomic E-state index is 0.0234. The largest absolute Gasteiger partial charge is 0.486 e. The Morgan fingerprint density at radius 3 is 2.53 bits per heavy atom. The smallest absolute Gasteiger partial charge is 0.233 e. The molecule has 2 unspecified atom stereocenters. The molecule has 0 saturated carbocycles. The lowest BCUT2D eigenvalue weighted by Gasteiger charge is -2.16. The van der Waals surface area contributed by atoms with Crippen LogP contribution in [0.1, 0.15) is 31.2 Å². The van der Waals surface area contributed by atoms with E-state index >= 15 is 0 Å². The number of thioether (sulfide) groups is 1. The maximum absolute atomic E-state index is 12.5. The Labute approximate surface area is 186 Å². The second-order valence-electron chi connectivity index (χ2n) is 7.02. The number of benzene rings is 2. The third-order valence-corrected chi connectivity index (χ3v) is 6.10. The lowest BCUT2D eigenvalue weighted by Crippen LogP contribution is -2.33. The summed E-state index contributed by atoms with van der Waals surface area (Å²) in [6.45, 7) is 4.84. The van der Waals surface area contributed by atoms with E-state index in [0.717, 1.165) is 0 Å². The number of carbonyl (C=O) groups is 1. The van der Waals surface area contributed by atoms with Gasteiger partial charge in [-0.25, -0.2) is 0 Å². The van der Waals surface area contributed by atoms with Crippen LogP contribution in [0.3, 0.4) is 0 Å². The standard InChI is InChI=1S/C22H25ClN4O2S/c1-15(17-7-5-4-6-8-17)13-24-21(28)16(2)30-22-26-25-20(27(22)3)14-29-19-11-9-18(23)10-12-19/h4-12,15-16H,13-14H2,1-3H3,(H,24,28). The Kier molecular flexibility index (Phi) is 7.76. The van der Waals surface area contributed by atoms with Gasteiger partial charge in [-0.05, 0) is 42.7 Å². The summed E-state index contributed by atoms with van der Waals surface area (Å²) >= 11 is 7.26. The van der Waals surface area contributed by atoms with Gasteiger partial charge in [0.2, 0.25) is 5.91 Å². The minimum atomic E-state index is -0.291. The SMILES string of the molecule is CC(Sc1nnc(COc2ccc(Cl)cc2)n1C)C(=O)NCC(C)c1ccccc1. The van der Waals surface area contributed by atoms with Crippen LogP contribution in [0.4, 0.5) is 0 Å². The first-order valence-corrected chi connectivity index (χ1v) is 11.0. The van der Waals surface area contributed by atoms with Crippen LogP contribution in [0, 0.1) is 0 Å². The Bertz CT molecular complexity index is 963. The van der Waals surface area contributed by atoms with Crippen molar-refractivity contribution in [3.63, 3.8) is 0 Å². The summed E-state index contributed by atoms with van der Waals surface area (Å²) in [4.78, 5) is 12.5. The predicted octanol–water partition coefficient (Wildman–Crippen LogP) is 4.45. The molecule has 2 aromatic carbocycles. The molecule has 0 bridgehead atoms. The Hall–Kier alpha value is -2.51. The van der Waals surface area contributed by atoms with E-state index < -0.39 is 0 Å². The van der Waals surface area contributed by atoms with Crippen molar-refractivity contribution < 1.29 is 9.53 Å². The molecule has 1 amide bonds. The number of amides is 1. The normalized spacial score (nSPS) is 12.9. The summed E-state index contributed by atoms with van der Waals surface area (Å²) in [5.41, 5.74) is 1.21. The molecule has 6 nitrogen and oxygen atoms in total. The first-order valence-electron chi connectivity index (χ1n) is 9.70. The first kappa shape index (κ1) is 22.2. The molecular formula is C22H25ClN4O2S. The van der Waals surface area contributed by atoms with Crippen LogP contribution >= 0.6 is 23.4 Å². The highest BCUT2D eigenvalue weighted by Crippen LogP contribution is 2.23. The van der Waals surface area contributed by atoms with Gasteiger partial charge in [-0.2, -0.15) is 0 Å². The highest BCUT2D eigenvalue weighted by molar-refractivity contribution is 8.00. The van der Waals surface area contributed by atoms with Crippen LogP contribution < -0.4 is 10.1 Å². The second kappa shape index (κ2) is 10.5. The van der Waals surface area contributed by atoms with Gasteiger partial charge in [-0.15, -0.1) is 10.2 Å². The molecule has 1 N–H and O–H groups in total. The molecular weight excluding hydrogens is 420 g/mol. The van der Waals surface area contributed by atoms with Crippen LogP contribution in [0.15, 0.2) is 59.8 Å². The van der Waals surface area contributed by atoms with Crippen molar-refractivity contribution >= 4 is 29.3 Å². The number of rotatable bonds is 9. The summed E-state index contributed by atoms with van der Waals surface area (Å²) in [5, 5.41) is 12.4. The maximum Gasteiger partial charge on any atom is 0.233 e. The molecule has 1 aromatic heterocycles. The number of hydrogen-bond donors (Lipinski definition) is 1. The quantitative estimate of drug-likeness (QED) is 0.494. The lowest BCUT2D eigenvalue weighted by molar-refractivity contribution is -0.120. The van der Waals surface area contributed by atoms with Crippen LogP contribution in [0.5, 0.6) is 5.75 Å². The maximum atomic E-state index is 12.5. The molecule has 0 aliphatic rings. The number of aromatic nitrogens is 3. The molecule has 0 aliphatic carbocycles. The van der Waals surface area contributed by atoms with E-state index in [-0.39, 0.29) is 23.7 Å². The average Bonchev–Trinajstić information content (AvgIpc) is 3.11. The molecule has 0 radical (unpaired) electrons. The van der Waals surface area contributed by atoms with E-state index in [4.69, 9.17) is 16.3 Å². The van der Waals surface area contributed by atoms with Crippen molar-refractivity contribution in [2.24, 2.45) is 7.05 Å². The molecule has 0 spiro atoms. The van der Waals surface area contributed by atoms with E-state index in [9.17, 15) is 4.79 Å². The van der Waals surface area contributed by atoms with Crippen LogP contribution in [-0.4, -0.2) is 32.5 Å².